The number of hydrogen-bond acceptors (Lipinski definition) is 3. The van der Waals surface area contributed by atoms with Crippen LogP contribution < -0.4 is 10.7 Å². The van der Waals surface area contributed by atoms with Crippen molar-refractivity contribution in [3.63, 3.8) is 0 Å². The molecule has 0 saturated heterocycles. The van der Waals surface area contributed by atoms with Crippen molar-refractivity contribution in [2.24, 2.45) is 5.10 Å². The van der Waals surface area contributed by atoms with E-state index in [-0.39, 0.29) is 11.8 Å². The number of amides is 2. The molecule has 5 heteroatoms. The lowest BCUT2D eigenvalue weighted by Gasteiger charge is -2.06. The van der Waals surface area contributed by atoms with E-state index >= 15 is 0 Å². The molecule has 5 nitrogen and oxygen atoms in total. The average molecular weight is 323 g/mol. The second-order valence-electron chi connectivity index (χ2n) is 5.20. The number of nitrogens with one attached hydrogen (secondary N) is 2. The molecule has 0 spiro atoms. The van der Waals surface area contributed by atoms with Crippen LogP contribution in [0.2, 0.25) is 0 Å². The molecule has 0 fully saturated rings. The van der Waals surface area contributed by atoms with E-state index in [0.29, 0.717) is 24.1 Å². The van der Waals surface area contributed by atoms with Crippen molar-refractivity contribution in [3.8, 4) is 0 Å². The van der Waals surface area contributed by atoms with Crippen LogP contribution in [0, 0.1) is 0 Å². The van der Waals surface area contributed by atoms with Gasteiger partial charge in [-0.1, -0.05) is 44.2 Å². The number of anilines is 1. The zero-order valence-electron chi connectivity index (χ0n) is 13.9. The number of hydrogen-bond donors (Lipinski definition) is 2. The fraction of sp³-hybridized carbons (Fsp3) is 0.211. The summed E-state index contributed by atoms with van der Waals surface area (Å²) in [5.41, 5.74) is 5.53. The number of nitrogens with zero attached hydrogens (tertiary/aromatic N) is 1. The van der Waals surface area contributed by atoms with E-state index in [9.17, 15) is 9.59 Å². The van der Waals surface area contributed by atoms with Gasteiger partial charge >= 0.3 is 0 Å². The van der Waals surface area contributed by atoms with Gasteiger partial charge in [0.05, 0.1) is 5.71 Å². The zero-order chi connectivity index (χ0) is 17.4. The lowest BCUT2D eigenvalue weighted by molar-refractivity contribution is -0.115. The van der Waals surface area contributed by atoms with Gasteiger partial charge in [-0.15, -0.1) is 0 Å². The van der Waals surface area contributed by atoms with Crippen molar-refractivity contribution >= 4 is 23.2 Å². The molecule has 124 valence electrons. The van der Waals surface area contributed by atoms with Gasteiger partial charge in [-0.05, 0) is 36.2 Å². The first-order chi connectivity index (χ1) is 11.6. The molecule has 24 heavy (non-hydrogen) atoms. The normalized spacial score (nSPS) is 11.0. The summed E-state index contributed by atoms with van der Waals surface area (Å²) in [6.07, 6.45) is 1.13. The fourth-order valence-electron chi connectivity index (χ4n) is 2.12. The van der Waals surface area contributed by atoms with Crippen LogP contribution in [-0.4, -0.2) is 17.5 Å². The van der Waals surface area contributed by atoms with Gasteiger partial charge in [0.25, 0.3) is 5.91 Å². The minimum absolute atomic E-state index is 0.0627. The first-order valence-corrected chi connectivity index (χ1v) is 7.96. The van der Waals surface area contributed by atoms with E-state index in [1.165, 1.54) is 0 Å². The summed E-state index contributed by atoms with van der Waals surface area (Å²) >= 11 is 0. The molecule has 0 heterocycles. The maximum Gasteiger partial charge on any atom is 0.271 e. The first-order valence-electron chi connectivity index (χ1n) is 7.96. The van der Waals surface area contributed by atoms with Gasteiger partial charge in [-0.2, -0.15) is 5.10 Å². The summed E-state index contributed by atoms with van der Waals surface area (Å²) < 4.78 is 0. The second kappa shape index (κ2) is 8.62. The lowest BCUT2D eigenvalue weighted by Crippen LogP contribution is -2.20. The van der Waals surface area contributed by atoms with Crippen molar-refractivity contribution < 1.29 is 9.59 Å². The number of hydrazone groups is 1. The van der Waals surface area contributed by atoms with Crippen molar-refractivity contribution in [1.82, 2.24) is 5.43 Å². The number of carbonyl (C=O) groups is 2. The Morgan fingerprint density at radius 2 is 1.54 bits per heavy atom. The Morgan fingerprint density at radius 1 is 0.875 bits per heavy atom. The Balaban J connectivity index is 2.04. The highest BCUT2D eigenvalue weighted by Gasteiger charge is 2.07. The van der Waals surface area contributed by atoms with Crippen LogP contribution in [0.3, 0.4) is 0 Å². The molecule has 2 N–H and O–H groups in total. The minimum Gasteiger partial charge on any atom is -0.326 e. The predicted molar refractivity (Wildman–Crippen MR) is 96.1 cm³/mol. The molecule has 2 amide bonds. The van der Waals surface area contributed by atoms with Gasteiger partial charge in [0, 0.05) is 17.7 Å². The van der Waals surface area contributed by atoms with Crippen molar-refractivity contribution in [2.75, 3.05) is 5.32 Å². The molecular weight excluding hydrogens is 302 g/mol. The number of carbonyl (C=O) groups excluding carboxylic acids is 2. The number of benzene rings is 2. The summed E-state index contributed by atoms with van der Waals surface area (Å²) in [7, 11) is 0. The molecule has 0 radical (unpaired) electrons. The Labute approximate surface area is 141 Å². The third-order valence-corrected chi connectivity index (χ3v) is 3.49. The van der Waals surface area contributed by atoms with Crippen LogP contribution in [0.15, 0.2) is 59.7 Å². The summed E-state index contributed by atoms with van der Waals surface area (Å²) in [4.78, 5) is 23.5. The smallest absolute Gasteiger partial charge is 0.271 e. The Bertz CT molecular complexity index is 722. The van der Waals surface area contributed by atoms with Crippen LogP contribution in [-0.2, 0) is 4.79 Å². The van der Waals surface area contributed by atoms with Crippen LogP contribution >= 0.6 is 0 Å². The van der Waals surface area contributed by atoms with Crippen LogP contribution in [0.5, 0.6) is 0 Å². The van der Waals surface area contributed by atoms with Crippen LogP contribution in [0.25, 0.3) is 0 Å². The molecule has 0 aliphatic carbocycles. The van der Waals surface area contributed by atoms with Gasteiger partial charge in [-0.3, -0.25) is 9.59 Å². The van der Waals surface area contributed by atoms with E-state index in [1.54, 1.807) is 31.2 Å². The molecule has 0 atom stereocenters. The third-order valence-electron chi connectivity index (χ3n) is 3.49. The quantitative estimate of drug-likeness (QED) is 0.630. The second-order valence-corrected chi connectivity index (χ2v) is 5.20. The zero-order valence-corrected chi connectivity index (χ0v) is 13.9. The van der Waals surface area contributed by atoms with Crippen molar-refractivity contribution in [2.45, 2.75) is 26.7 Å². The van der Waals surface area contributed by atoms with Crippen LogP contribution in [0.1, 0.15) is 42.6 Å². The van der Waals surface area contributed by atoms with E-state index < -0.39 is 0 Å². The molecule has 0 unspecified atom stereocenters. The highest BCUT2D eigenvalue weighted by atomic mass is 16.2. The highest BCUT2D eigenvalue weighted by molar-refractivity contribution is 6.02. The molecule has 0 saturated carbocycles. The van der Waals surface area contributed by atoms with Gasteiger partial charge in [-0.25, -0.2) is 5.43 Å². The van der Waals surface area contributed by atoms with E-state index in [0.717, 1.165) is 11.3 Å². The summed E-state index contributed by atoms with van der Waals surface area (Å²) in [5, 5.41) is 6.96. The lowest BCUT2D eigenvalue weighted by atomic mass is 10.1. The SMILES string of the molecule is CCC(=O)Nc1ccc(C(=O)NN=C(CC)c2ccccc2)cc1. The Morgan fingerprint density at radius 3 is 2.12 bits per heavy atom. The molecular formula is C19H21N3O2. The average Bonchev–Trinajstić information content (AvgIpc) is 2.63. The Hall–Kier alpha value is -2.95. The number of rotatable bonds is 6. The van der Waals surface area contributed by atoms with Gasteiger partial charge < -0.3 is 5.32 Å². The molecule has 0 aliphatic heterocycles. The van der Waals surface area contributed by atoms with Crippen molar-refractivity contribution in [3.05, 3.63) is 65.7 Å². The van der Waals surface area contributed by atoms with Gasteiger partial charge in [0.15, 0.2) is 0 Å². The highest BCUT2D eigenvalue weighted by Crippen LogP contribution is 2.10. The maximum absolute atomic E-state index is 12.2. The molecule has 2 rings (SSSR count). The first kappa shape index (κ1) is 17.4. The van der Waals surface area contributed by atoms with Gasteiger partial charge in [0.2, 0.25) is 5.91 Å². The molecule has 0 bridgehead atoms. The Kier molecular flexibility index (Phi) is 6.25. The summed E-state index contributed by atoms with van der Waals surface area (Å²) in [6, 6.07) is 16.4. The fourth-order valence-corrected chi connectivity index (χ4v) is 2.12. The molecule has 0 aromatic heterocycles. The standard InChI is InChI=1S/C19H21N3O2/c1-3-17(14-8-6-5-7-9-14)21-22-19(24)15-10-12-16(13-11-15)20-18(23)4-2/h5-13H,3-4H2,1-2H3,(H,20,23)(H,22,24). The summed E-state index contributed by atoms with van der Waals surface area (Å²) in [6.45, 7) is 3.77. The minimum atomic E-state index is -0.287. The molecule has 0 aliphatic rings. The largest absolute Gasteiger partial charge is 0.326 e. The molecule has 2 aromatic carbocycles. The summed E-state index contributed by atoms with van der Waals surface area (Å²) in [5.74, 6) is -0.350. The predicted octanol–water partition coefficient (Wildman–Crippen LogP) is 3.58. The third kappa shape index (κ3) is 4.78. The van der Waals surface area contributed by atoms with E-state index in [2.05, 4.69) is 15.8 Å². The maximum atomic E-state index is 12.2. The van der Waals surface area contributed by atoms with E-state index in [1.807, 2.05) is 37.3 Å². The molecule has 2 aromatic rings. The topological polar surface area (TPSA) is 70.6 Å². The van der Waals surface area contributed by atoms with Crippen molar-refractivity contribution in [1.29, 1.82) is 0 Å². The van der Waals surface area contributed by atoms with E-state index in [4.69, 9.17) is 0 Å². The van der Waals surface area contributed by atoms with Crippen LogP contribution in [0.4, 0.5) is 5.69 Å². The monoisotopic (exact) mass is 323 g/mol. The van der Waals surface area contributed by atoms with Gasteiger partial charge in [0.1, 0.15) is 0 Å².